The second-order valence-electron chi connectivity index (χ2n) is 5.38. The van der Waals surface area contributed by atoms with Crippen LogP contribution in [0.25, 0.3) is 11.3 Å². The molecule has 2 rings (SSSR count). The largest absolute Gasteiger partial charge is 0.493 e. The van der Waals surface area contributed by atoms with Gasteiger partial charge in [0.15, 0.2) is 0 Å². The van der Waals surface area contributed by atoms with E-state index in [9.17, 15) is 4.79 Å². The zero-order valence-corrected chi connectivity index (χ0v) is 13.7. The standard InChI is InChI=1S/C19H22N2O2/c1-3-13-21-17(10-9-15(11-12-20)19(21)22)16-7-5-6-8-18(16)23-14-4-2/h5-10H,3-4,11,13-14H2,1-2H3. The van der Waals surface area contributed by atoms with E-state index in [4.69, 9.17) is 10.00 Å². The molecule has 0 radical (unpaired) electrons. The molecule has 0 spiro atoms. The van der Waals surface area contributed by atoms with E-state index < -0.39 is 0 Å². The highest BCUT2D eigenvalue weighted by atomic mass is 16.5. The monoisotopic (exact) mass is 310 g/mol. The summed E-state index contributed by atoms with van der Waals surface area (Å²) < 4.78 is 7.57. The zero-order valence-electron chi connectivity index (χ0n) is 13.7. The van der Waals surface area contributed by atoms with E-state index in [1.165, 1.54) is 0 Å². The van der Waals surface area contributed by atoms with Crippen LogP contribution in [0.4, 0.5) is 0 Å². The third kappa shape index (κ3) is 3.81. The molecular formula is C19H22N2O2. The van der Waals surface area contributed by atoms with Gasteiger partial charge in [0.2, 0.25) is 0 Å². The Kier molecular flexibility index (Phi) is 5.99. The molecule has 0 unspecified atom stereocenters. The molecule has 0 aliphatic carbocycles. The molecule has 1 aromatic heterocycles. The smallest absolute Gasteiger partial charge is 0.255 e. The van der Waals surface area contributed by atoms with Crippen molar-refractivity contribution in [1.29, 1.82) is 5.26 Å². The van der Waals surface area contributed by atoms with E-state index in [-0.39, 0.29) is 12.0 Å². The van der Waals surface area contributed by atoms with Crippen LogP contribution >= 0.6 is 0 Å². The van der Waals surface area contributed by atoms with Gasteiger partial charge in [0.1, 0.15) is 5.75 Å². The quantitative estimate of drug-likeness (QED) is 0.782. The van der Waals surface area contributed by atoms with Crippen molar-refractivity contribution in [3.05, 3.63) is 52.3 Å². The van der Waals surface area contributed by atoms with Gasteiger partial charge in [-0.2, -0.15) is 5.26 Å². The molecule has 2 aromatic rings. The van der Waals surface area contributed by atoms with Gasteiger partial charge in [-0.1, -0.05) is 32.0 Å². The molecule has 0 aliphatic heterocycles. The fourth-order valence-electron chi connectivity index (χ4n) is 2.54. The molecule has 0 saturated carbocycles. The maximum Gasteiger partial charge on any atom is 0.255 e. The van der Waals surface area contributed by atoms with Crippen LogP contribution in [0.2, 0.25) is 0 Å². The van der Waals surface area contributed by atoms with Gasteiger partial charge in [-0.3, -0.25) is 4.79 Å². The summed E-state index contributed by atoms with van der Waals surface area (Å²) in [5.74, 6) is 0.784. The summed E-state index contributed by atoms with van der Waals surface area (Å²) >= 11 is 0. The molecule has 0 atom stereocenters. The molecule has 0 bridgehead atoms. The van der Waals surface area contributed by atoms with E-state index in [2.05, 4.69) is 13.0 Å². The Hall–Kier alpha value is -2.54. The zero-order chi connectivity index (χ0) is 16.7. The summed E-state index contributed by atoms with van der Waals surface area (Å²) in [4.78, 5) is 12.6. The molecule has 0 fully saturated rings. The van der Waals surface area contributed by atoms with Gasteiger partial charge in [0.25, 0.3) is 5.56 Å². The number of rotatable bonds is 7. The van der Waals surface area contributed by atoms with Crippen molar-refractivity contribution in [2.45, 2.75) is 39.7 Å². The second kappa shape index (κ2) is 8.19. The van der Waals surface area contributed by atoms with Gasteiger partial charge < -0.3 is 9.30 Å². The molecule has 4 nitrogen and oxygen atoms in total. The lowest BCUT2D eigenvalue weighted by Gasteiger charge is -2.16. The van der Waals surface area contributed by atoms with Crippen molar-refractivity contribution < 1.29 is 4.74 Å². The number of ether oxygens (including phenoxy) is 1. The van der Waals surface area contributed by atoms with Crippen molar-refractivity contribution >= 4 is 0 Å². The fraction of sp³-hybridized carbons (Fsp3) is 0.368. The predicted molar refractivity (Wildman–Crippen MR) is 91.5 cm³/mol. The Labute approximate surface area is 137 Å². The number of hydrogen-bond acceptors (Lipinski definition) is 3. The minimum Gasteiger partial charge on any atom is -0.493 e. The summed E-state index contributed by atoms with van der Waals surface area (Å²) in [6.07, 6.45) is 1.91. The lowest BCUT2D eigenvalue weighted by atomic mass is 10.1. The van der Waals surface area contributed by atoms with E-state index in [1.807, 2.05) is 37.3 Å². The maximum atomic E-state index is 12.6. The van der Waals surface area contributed by atoms with Crippen molar-refractivity contribution in [3.8, 4) is 23.1 Å². The minimum absolute atomic E-state index is 0.0869. The van der Waals surface area contributed by atoms with Crippen molar-refractivity contribution in [2.24, 2.45) is 0 Å². The van der Waals surface area contributed by atoms with Gasteiger partial charge >= 0.3 is 0 Å². The number of nitrogens with zero attached hydrogens (tertiary/aromatic N) is 2. The first-order chi connectivity index (χ1) is 11.2. The van der Waals surface area contributed by atoms with Crippen LogP contribution in [-0.4, -0.2) is 11.2 Å². The number of pyridine rings is 1. The lowest BCUT2D eigenvalue weighted by molar-refractivity contribution is 0.318. The Morgan fingerprint density at radius 1 is 1.13 bits per heavy atom. The van der Waals surface area contributed by atoms with E-state index in [0.717, 1.165) is 29.8 Å². The molecule has 0 aliphatic rings. The second-order valence-corrected chi connectivity index (χ2v) is 5.38. The van der Waals surface area contributed by atoms with Crippen LogP contribution in [0.5, 0.6) is 5.75 Å². The molecule has 1 heterocycles. The first-order valence-corrected chi connectivity index (χ1v) is 8.04. The summed E-state index contributed by atoms with van der Waals surface area (Å²) in [7, 11) is 0. The first kappa shape index (κ1) is 16.8. The SMILES string of the molecule is CCCOc1ccccc1-c1ccc(CC#N)c(=O)n1CCC. The summed E-state index contributed by atoms with van der Waals surface area (Å²) in [5.41, 5.74) is 2.20. The maximum absolute atomic E-state index is 12.6. The van der Waals surface area contributed by atoms with Gasteiger partial charge in [-0.15, -0.1) is 0 Å². The molecule has 23 heavy (non-hydrogen) atoms. The highest BCUT2D eigenvalue weighted by molar-refractivity contribution is 5.67. The van der Waals surface area contributed by atoms with Crippen LogP contribution in [0.15, 0.2) is 41.2 Å². The average Bonchev–Trinajstić information content (AvgIpc) is 2.57. The van der Waals surface area contributed by atoms with Crippen molar-refractivity contribution in [1.82, 2.24) is 4.57 Å². The van der Waals surface area contributed by atoms with E-state index in [1.54, 1.807) is 10.6 Å². The van der Waals surface area contributed by atoms with Crippen LogP contribution in [0, 0.1) is 11.3 Å². The number of nitriles is 1. The Bertz CT molecular complexity index is 757. The number of para-hydroxylation sites is 1. The summed E-state index contributed by atoms with van der Waals surface area (Å²) in [6.45, 7) is 5.36. The molecule has 0 amide bonds. The van der Waals surface area contributed by atoms with Crippen LogP contribution in [0.3, 0.4) is 0 Å². The highest BCUT2D eigenvalue weighted by Crippen LogP contribution is 2.29. The predicted octanol–water partition coefficient (Wildman–Crippen LogP) is 3.78. The molecule has 1 aromatic carbocycles. The molecule has 120 valence electrons. The Balaban J connectivity index is 2.57. The van der Waals surface area contributed by atoms with Crippen molar-refractivity contribution in [2.75, 3.05) is 6.61 Å². The van der Waals surface area contributed by atoms with Crippen LogP contribution in [0.1, 0.15) is 32.3 Å². The van der Waals surface area contributed by atoms with E-state index in [0.29, 0.717) is 18.7 Å². The number of aromatic nitrogens is 1. The van der Waals surface area contributed by atoms with Gasteiger partial charge in [-0.05, 0) is 31.0 Å². The van der Waals surface area contributed by atoms with Crippen molar-refractivity contribution in [3.63, 3.8) is 0 Å². The number of hydrogen-bond donors (Lipinski definition) is 0. The third-order valence-electron chi connectivity index (χ3n) is 3.59. The lowest BCUT2D eigenvalue weighted by Crippen LogP contribution is -2.25. The Morgan fingerprint density at radius 3 is 2.61 bits per heavy atom. The van der Waals surface area contributed by atoms with Crippen LogP contribution < -0.4 is 10.3 Å². The average molecular weight is 310 g/mol. The first-order valence-electron chi connectivity index (χ1n) is 8.04. The Morgan fingerprint density at radius 2 is 1.91 bits per heavy atom. The van der Waals surface area contributed by atoms with Crippen LogP contribution in [-0.2, 0) is 13.0 Å². The van der Waals surface area contributed by atoms with Gasteiger partial charge in [-0.25, -0.2) is 0 Å². The summed E-state index contributed by atoms with van der Waals surface area (Å²) in [6, 6.07) is 13.5. The topological polar surface area (TPSA) is 55.0 Å². The fourth-order valence-corrected chi connectivity index (χ4v) is 2.54. The normalized spacial score (nSPS) is 10.3. The van der Waals surface area contributed by atoms with E-state index >= 15 is 0 Å². The molecular weight excluding hydrogens is 288 g/mol. The highest BCUT2D eigenvalue weighted by Gasteiger charge is 2.13. The summed E-state index contributed by atoms with van der Waals surface area (Å²) in [5, 5.41) is 8.87. The molecule has 0 N–H and O–H groups in total. The third-order valence-corrected chi connectivity index (χ3v) is 3.59. The van der Waals surface area contributed by atoms with Gasteiger partial charge in [0, 0.05) is 17.7 Å². The molecule has 0 saturated heterocycles. The molecule has 4 heteroatoms. The van der Waals surface area contributed by atoms with Gasteiger partial charge in [0.05, 0.1) is 24.8 Å². The number of benzene rings is 1. The minimum atomic E-state index is -0.0869.